The molecule has 1 aliphatic rings. The summed E-state index contributed by atoms with van der Waals surface area (Å²) in [5, 5.41) is 8.28. The molecule has 31 heavy (non-hydrogen) atoms. The van der Waals surface area contributed by atoms with Crippen LogP contribution in [-0.2, 0) is 0 Å². The second-order valence-corrected chi connectivity index (χ2v) is 8.80. The van der Waals surface area contributed by atoms with Crippen LogP contribution in [0.5, 0.6) is 0 Å². The first kappa shape index (κ1) is 21.4. The van der Waals surface area contributed by atoms with Crippen molar-refractivity contribution in [2.24, 2.45) is 5.92 Å². The van der Waals surface area contributed by atoms with Crippen molar-refractivity contribution in [1.29, 1.82) is 0 Å². The van der Waals surface area contributed by atoms with Crippen LogP contribution >= 0.6 is 11.6 Å². The third kappa shape index (κ3) is 5.25. The van der Waals surface area contributed by atoms with Gasteiger partial charge in [-0.25, -0.2) is 4.98 Å². The summed E-state index contributed by atoms with van der Waals surface area (Å²) in [5.74, 6) is 2.05. The van der Waals surface area contributed by atoms with E-state index >= 15 is 0 Å². The van der Waals surface area contributed by atoms with Gasteiger partial charge >= 0.3 is 0 Å². The molecule has 1 fully saturated rings. The molecule has 1 saturated carbocycles. The van der Waals surface area contributed by atoms with Gasteiger partial charge in [-0.2, -0.15) is 4.98 Å². The summed E-state index contributed by atoms with van der Waals surface area (Å²) in [4.78, 5) is 23.8. The number of nitrogens with one attached hydrogen (secondary N) is 2. The van der Waals surface area contributed by atoms with Crippen LogP contribution in [0.3, 0.4) is 0 Å². The van der Waals surface area contributed by atoms with Crippen molar-refractivity contribution in [3.05, 3.63) is 59.1 Å². The standard InChI is InChI=1S/C24H28ClN5O/c1-30(2)22-20-5-3-4-6-21(20)28-24(29-22)27-19-13-7-16(8-14-19)15-26-23(31)17-9-11-18(25)12-10-17/h3-6,9-12,16,19H,7-8,13-15H2,1-2H3,(H,26,31)(H,27,28,29). The van der Waals surface area contributed by atoms with Gasteiger partial charge in [-0.15, -0.1) is 0 Å². The summed E-state index contributed by atoms with van der Waals surface area (Å²) in [6, 6.07) is 15.4. The fourth-order valence-electron chi connectivity index (χ4n) is 4.10. The molecule has 0 unspecified atom stereocenters. The molecular formula is C24H28ClN5O. The average molecular weight is 438 g/mol. The van der Waals surface area contributed by atoms with Crippen molar-refractivity contribution < 1.29 is 4.79 Å². The number of hydrogen-bond acceptors (Lipinski definition) is 5. The Bertz CT molecular complexity index is 1050. The molecule has 1 aromatic heterocycles. The Morgan fingerprint density at radius 1 is 1.03 bits per heavy atom. The van der Waals surface area contributed by atoms with Crippen LogP contribution in [-0.4, -0.2) is 42.6 Å². The van der Waals surface area contributed by atoms with Crippen molar-refractivity contribution in [2.45, 2.75) is 31.7 Å². The first-order valence-corrected chi connectivity index (χ1v) is 11.1. The van der Waals surface area contributed by atoms with Gasteiger partial charge in [0.2, 0.25) is 5.95 Å². The molecule has 6 nitrogen and oxygen atoms in total. The second-order valence-electron chi connectivity index (χ2n) is 8.36. The highest BCUT2D eigenvalue weighted by Gasteiger charge is 2.23. The van der Waals surface area contributed by atoms with Gasteiger partial charge in [0, 0.05) is 42.7 Å². The number of fused-ring (bicyclic) bond motifs is 1. The van der Waals surface area contributed by atoms with Crippen LogP contribution in [0.1, 0.15) is 36.0 Å². The van der Waals surface area contributed by atoms with Gasteiger partial charge in [0.1, 0.15) is 5.82 Å². The lowest BCUT2D eigenvalue weighted by Gasteiger charge is -2.29. The first-order chi connectivity index (χ1) is 15.0. The zero-order valence-corrected chi connectivity index (χ0v) is 18.7. The van der Waals surface area contributed by atoms with E-state index in [2.05, 4.69) is 16.7 Å². The Kier molecular flexibility index (Phi) is 6.56. The van der Waals surface area contributed by atoms with Crippen LogP contribution in [0.15, 0.2) is 48.5 Å². The molecular weight excluding hydrogens is 410 g/mol. The van der Waals surface area contributed by atoms with E-state index in [4.69, 9.17) is 21.6 Å². The SMILES string of the molecule is CN(C)c1nc(NC2CCC(CNC(=O)c3ccc(Cl)cc3)CC2)nc2ccccc12. The van der Waals surface area contributed by atoms with Crippen LogP contribution < -0.4 is 15.5 Å². The predicted molar refractivity (Wildman–Crippen MR) is 127 cm³/mol. The lowest BCUT2D eigenvalue weighted by molar-refractivity contribution is 0.0943. The summed E-state index contributed by atoms with van der Waals surface area (Å²) >= 11 is 5.89. The Hall–Kier alpha value is -2.86. The predicted octanol–water partition coefficient (Wildman–Crippen LogP) is 4.75. The molecule has 7 heteroatoms. The van der Waals surface area contributed by atoms with Gasteiger partial charge in [0.05, 0.1) is 5.52 Å². The molecule has 162 valence electrons. The summed E-state index contributed by atoms with van der Waals surface area (Å²) in [6.07, 6.45) is 4.20. The van der Waals surface area contributed by atoms with Crippen LogP contribution in [0, 0.1) is 5.92 Å². The normalized spacial score (nSPS) is 18.5. The molecule has 2 aromatic carbocycles. The molecule has 1 amide bonds. The maximum atomic E-state index is 12.3. The topological polar surface area (TPSA) is 70.2 Å². The smallest absolute Gasteiger partial charge is 0.251 e. The number of carbonyl (C=O) groups excluding carboxylic acids is 1. The molecule has 4 rings (SSSR count). The zero-order valence-electron chi connectivity index (χ0n) is 17.9. The molecule has 0 atom stereocenters. The minimum Gasteiger partial charge on any atom is -0.362 e. The van der Waals surface area contributed by atoms with Gasteiger partial charge in [0.15, 0.2) is 0 Å². The molecule has 1 aliphatic carbocycles. The van der Waals surface area contributed by atoms with Gasteiger partial charge in [-0.1, -0.05) is 23.7 Å². The van der Waals surface area contributed by atoms with Crippen LogP contribution in [0.25, 0.3) is 10.9 Å². The van der Waals surface area contributed by atoms with E-state index in [1.54, 1.807) is 24.3 Å². The van der Waals surface area contributed by atoms with E-state index in [1.165, 1.54) is 0 Å². The molecule has 2 N–H and O–H groups in total. The highest BCUT2D eigenvalue weighted by molar-refractivity contribution is 6.30. The molecule has 0 saturated heterocycles. The number of amides is 1. The van der Waals surface area contributed by atoms with E-state index in [-0.39, 0.29) is 5.91 Å². The van der Waals surface area contributed by atoms with Gasteiger partial charge in [-0.3, -0.25) is 4.79 Å². The number of para-hydroxylation sites is 1. The molecule has 0 bridgehead atoms. The third-order valence-electron chi connectivity index (χ3n) is 5.84. The monoisotopic (exact) mass is 437 g/mol. The molecule has 0 radical (unpaired) electrons. The maximum absolute atomic E-state index is 12.3. The second kappa shape index (κ2) is 9.52. The summed E-state index contributed by atoms with van der Waals surface area (Å²) < 4.78 is 0. The number of anilines is 2. The molecule has 0 aliphatic heterocycles. The Morgan fingerprint density at radius 3 is 2.45 bits per heavy atom. The number of hydrogen-bond donors (Lipinski definition) is 2. The largest absolute Gasteiger partial charge is 0.362 e. The number of benzene rings is 2. The fourth-order valence-corrected chi connectivity index (χ4v) is 4.23. The zero-order chi connectivity index (χ0) is 21.8. The Morgan fingerprint density at radius 2 is 1.74 bits per heavy atom. The van der Waals surface area contributed by atoms with Crippen molar-refractivity contribution in [3.63, 3.8) is 0 Å². The average Bonchev–Trinajstić information content (AvgIpc) is 2.78. The maximum Gasteiger partial charge on any atom is 0.251 e. The number of halogens is 1. The van der Waals surface area contributed by atoms with E-state index < -0.39 is 0 Å². The molecule has 1 heterocycles. The lowest BCUT2D eigenvalue weighted by atomic mass is 9.86. The lowest BCUT2D eigenvalue weighted by Crippen LogP contribution is -2.34. The number of rotatable bonds is 6. The summed E-state index contributed by atoms with van der Waals surface area (Å²) in [5.41, 5.74) is 1.59. The highest BCUT2D eigenvalue weighted by Crippen LogP contribution is 2.28. The van der Waals surface area contributed by atoms with E-state index in [0.29, 0.717) is 35.0 Å². The first-order valence-electron chi connectivity index (χ1n) is 10.7. The quantitative estimate of drug-likeness (QED) is 0.582. The van der Waals surface area contributed by atoms with Crippen molar-refractivity contribution in [3.8, 4) is 0 Å². The minimum atomic E-state index is -0.0438. The summed E-state index contributed by atoms with van der Waals surface area (Å²) in [7, 11) is 4.00. The van der Waals surface area contributed by atoms with Crippen molar-refractivity contribution in [1.82, 2.24) is 15.3 Å². The van der Waals surface area contributed by atoms with Gasteiger partial charge < -0.3 is 15.5 Å². The van der Waals surface area contributed by atoms with E-state index in [0.717, 1.165) is 42.4 Å². The van der Waals surface area contributed by atoms with Gasteiger partial charge in [-0.05, 0) is 68.0 Å². The third-order valence-corrected chi connectivity index (χ3v) is 6.10. The number of nitrogens with zero attached hydrogens (tertiary/aromatic N) is 3. The van der Waals surface area contributed by atoms with E-state index in [9.17, 15) is 4.79 Å². The Labute approximate surface area is 188 Å². The van der Waals surface area contributed by atoms with Crippen molar-refractivity contribution in [2.75, 3.05) is 30.9 Å². The molecule has 3 aromatic rings. The van der Waals surface area contributed by atoms with Crippen LogP contribution in [0.2, 0.25) is 5.02 Å². The highest BCUT2D eigenvalue weighted by atomic mass is 35.5. The fraction of sp³-hybridized carbons (Fsp3) is 0.375. The molecule has 0 spiro atoms. The van der Waals surface area contributed by atoms with E-state index in [1.807, 2.05) is 37.2 Å². The van der Waals surface area contributed by atoms with Gasteiger partial charge in [0.25, 0.3) is 5.91 Å². The van der Waals surface area contributed by atoms with Crippen LogP contribution in [0.4, 0.5) is 11.8 Å². The number of carbonyl (C=O) groups is 1. The Balaban J connectivity index is 1.31. The number of aromatic nitrogens is 2. The minimum absolute atomic E-state index is 0.0438. The van der Waals surface area contributed by atoms with Crippen molar-refractivity contribution >= 4 is 40.2 Å². The summed E-state index contributed by atoms with van der Waals surface area (Å²) in [6.45, 7) is 0.700.